The lowest BCUT2D eigenvalue weighted by Crippen LogP contribution is -2.21. The second-order valence-corrected chi connectivity index (χ2v) is 7.22. The number of likely N-dealkylation sites (tertiary alicyclic amines) is 1. The fourth-order valence-corrected chi connectivity index (χ4v) is 3.46. The normalized spacial score (nSPS) is 17.1. The smallest absolute Gasteiger partial charge is 0.163 e. The second-order valence-electron chi connectivity index (χ2n) is 6.78. The zero-order chi connectivity index (χ0) is 19.7. The Kier molecular flexibility index (Phi) is 5.19. The predicted molar refractivity (Wildman–Crippen MR) is 107 cm³/mol. The number of fused-ring (bicyclic) bond motifs is 1. The molecule has 1 N–H and O–H groups in total. The molecule has 1 fully saturated rings. The molecule has 1 saturated heterocycles. The Hall–Kier alpha value is -2.64. The van der Waals surface area contributed by atoms with Crippen LogP contribution < -0.4 is 14.8 Å². The Balaban J connectivity index is 1.69. The van der Waals surface area contributed by atoms with Gasteiger partial charge in [0.2, 0.25) is 0 Å². The highest BCUT2D eigenvalue weighted by atomic mass is 35.5. The van der Waals surface area contributed by atoms with Crippen molar-refractivity contribution < 1.29 is 13.9 Å². The van der Waals surface area contributed by atoms with E-state index in [0.29, 0.717) is 33.2 Å². The van der Waals surface area contributed by atoms with Crippen LogP contribution in [0.25, 0.3) is 10.9 Å². The summed E-state index contributed by atoms with van der Waals surface area (Å²) in [5.41, 5.74) is 0.951. The maximum atomic E-state index is 14.2. The number of ether oxygens (including phenoxy) is 2. The molecule has 1 aromatic heterocycles. The van der Waals surface area contributed by atoms with E-state index in [4.69, 9.17) is 21.1 Å². The number of halogens is 2. The monoisotopic (exact) mass is 402 g/mol. The SMILES string of the molecule is COc1cc2c(Nc3ccc(Cl)cc3F)ncnc2cc1OC1CCN(C)C1. The highest BCUT2D eigenvalue weighted by Crippen LogP contribution is 2.36. The number of methoxy groups -OCH3 is 1. The Bertz CT molecular complexity index is 1020. The first-order valence-corrected chi connectivity index (χ1v) is 9.31. The van der Waals surface area contributed by atoms with Crippen molar-refractivity contribution >= 4 is 34.0 Å². The van der Waals surface area contributed by atoms with Gasteiger partial charge in [-0.1, -0.05) is 11.6 Å². The summed E-state index contributed by atoms with van der Waals surface area (Å²) in [4.78, 5) is 10.8. The summed E-state index contributed by atoms with van der Waals surface area (Å²) in [7, 11) is 3.66. The Morgan fingerprint density at radius 2 is 2.07 bits per heavy atom. The van der Waals surface area contributed by atoms with Crippen molar-refractivity contribution in [3.05, 3.63) is 47.5 Å². The first-order valence-electron chi connectivity index (χ1n) is 8.93. The van der Waals surface area contributed by atoms with Crippen molar-refractivity contribution in [2.45, 2.75) is 12.5 Å². The molecule has 1 aliphatic heterocycles. The first kappa shape index (κ1) is 18.7. The fourth-order valence-electron chi connectivity index (χ4n) is 3.30. The highest BCUT2D eigenvalue weighted by molar-refractivity contribution is 6.30. The van der Waals surface area contributed by atoms with E-state index in [1.54, 1.807) is 25.3 Å². The molecular weight excluding hydrogens is 383 g/mol. The van der Waals surface area contributed by atoms with Crippen LogP contribution in [0.15, 0.2) is 36.7 Å². The molecule has 0 amide bonds. The lowest BCUT2D eigenvalue weighted by atomic mass is 10.2. The number of hydrogen-bond acceptors (Lipinski definition) is 6. The van der Waals surface area contributed by atoms with Gasteiger partial charge in [0, 0.05) is 29.6 Å². The van der Waals surface area contributed by atoms with Crippen molar-refractivity contribution in [3.63, 3.8) is 0 Å². The van der Waals surface area contributed by atoms with E-state index in [0.717, 1.165) is 19.5 Å². The van der Waals surface area contributed by atoms with Crippen LogP contribution in [0.5, 0.6) is 11.5 Å². The van der Waals surface area contributed by atoms with E-state index in [9.17, 15) is 4.39 Å². The van der Waals surface area contributed by atoms with Gasteiger partial charge in [0.15, 0.2) is 11.5 Å². The molecule has 0 aliphatic carbocycles. The number of likely N-dealkylation sites (N-methyl/N-ethyl adjacent to an activating group) is 1. The highest BCUT2D eigenvalue weighted by Gasteiger charge is 2.23. The van der Waals surface area contributed by atoms with Gasteiger partial charge in [-0.15, -0.1) is 0 Å². The maximum Gasteiger partial charge on any atom is 0.163 e. The number of anilines is 2. The number of rotatable bonds is 5. The molecule has 3 aromatic rings. The van der Waals surface area contributed by atoms with Crippen LogP contribution in [0.2, 0.25) is 5.02 Å². The third-order valence-corrected chi connectivity index (χ3v) is 4.98. The number of nitrogens with one attached hydrogen (secondary N) is 1. The van der Waals surface area contributed by atoms with Gasteiger partial charge in [0.1, 0.15) is 24.1 Å². The molecule has 4 rings (SSSR count). The van der Waals surface area contributed by atoms with Gasteiger partial charge in [-0.2, -0.15) is 0 Å². The van der Waals surface area contributed by atoms with E-state index in [1.165, 1.54) is 12.4 Å². The minimum Gasteiger partial charge on any atom is -0.493 e. The van der Waals surface area contributed by atoms with Crippen molar-refractivity contribution in [2.75, 3.05) is 32.6 Å². The Labute approximate surface area is 167 Å². The van der Waals surface area contributed by atoms with Gasteiger partial charge in [-0.05, 0) is 37.7 Å². The van der Waals surface area contributed by atoms with Gasteiger partial charge >= 0.3 is 0 Å². The van der Waals surface area contributed by atoms with Gasteiger partial charge < -0.3 is 19.7 Å². The van der Waals surface area contributed by atoms with Crippen LogP contribution in [-0.4, -0.2) is 48.2 Å². The van der Waals surface area contributed by atoms with E-state index >= 15 is 0 Å². The van der Waals surface area contributed by atoms with Crippen LogP contribution in [0.1, 0.15) is 6.42 Å². The molecule has 8 heteroatoms. The Morgan fingerprint density at radius 1 is 1.21 bits per heavy atom. The van der Waals surface area contributed by atoms with E-state index in [-0.39, 0.29) is 11.8 Å². The van der Waals surface area contributed by atoms with Crippen LogP contribution >= 0.6 is 11.6 Å². The van der Waals surface area contributed by atoms with E-state index < -0.39 is 5.82 Å². The van der Waals surface area contributed by atoms with Crippen molar-refractivity contribution in [1.29, 1.82) is 0 Å². The Morgan fingerprint density at radius 3 is 2.79 bits per heavy atom. The number of nitrogens with zero attached hydrogens (tertiary/aromatic N) is 3. The molecule has 0 saturated carbocycles. The molecule has 28 heavy (non-hydrogen) atoms. The molecule has 0 spiro atoms. The summed E-state index contributed by atoms with van der Waals surface area (Å²) in [5, 5.41) is 4.03. The third-order valence-electron chi connectivity index (χ3n) is 4.75. The van der Waals surface area contributed by atoms with Crippen molar-refractivity contribution in [2.24, 2.45) is 0 Å². The van der Waals surface area contributed by atoms with Gasteiger partial charge in [-0.3, -0.25) is 0 Å². The molecule has 2 heterocycles. The molecule has 1 unspecified atom stereocenters. The summed E-state index contributed by atoms with van der Waals surface area (Å²) in [6, 6.07) is 8.06. The zero-order valence-corrected chi connectivity index (χ0v) is 16.3. The topological polar surface area (TPSA) is 59.5 Å². The summed E-state index contributed by atoms with van der Waals surface area (Å²) in [5.74, 6) is 1.22. The van der Waals surface area contributed by atoms with Crippen molar-refractivity contribution in [3.8, 4) is 11.5 Å². The average Bonchev–Trinajstić information content (AvgIpc) is 3.08. The molecule has 6 nitrogen and oxygen atoms in total. The molecule has 146 valence electrons. The van der Waals surface area contributed by atoms with Gasteiger partial charge in [-0.25, -0.2) is 14.4 Å². The summed E-state index contributed by atoms with van der Waals surface area (Å²) in [6.07, 6.45) is 2.50. The average molecular weight is 403 g/mol. The summed E-state index contributed by atoms with van der Waals surface area (Å²) in [6.45, 7) is 1.87. The molecule has 2 aromatic carbocycles. The lowest BCUT2D eigenvalue weighted by Gasteiger charge is -2.17. The van der Waals surface area contributed by atoms with Crippen LogP contribution in [0.3, 0.4) is 0 Å². The van der Waals surface area contributed by atoms with Gasteiger partial charge in [0.05, 0.1) is 18.3 Å². The minimum atomic E-state index is -0.462. The van der Waals surface area contributed by atoms with Crippen LogP contribution in [-0.2, 0) is 0 Å². The third kappa shape index (κ3) is 3.81. The molecule has 0 radical (unpaired) electrons. The number of aromatic nitrogens is 2. The first-order chi connectivity index (χ1) is 13.5. The van der Waals surface area contributed by atoms with Crippen LogP contribution in [0, 0.1) is 5.82 Å². The summed E-state index contributed by atoms with van der Waals surface area (Å²) >= 11 is 5.82. The zero-order valence-electron chi connectivity index (χ0n) is 15.6. The maximum absolute atomic E-state index is 14.2. The standard InChI is InChI=1S/C20H20ClFN4O2/c1-26-6-5-13(10-26)28-19-9-17-14(8-18(19)27-2)20(24-11-23-17)25-16-4-3-12(21)7-15(16)22/h3-4,7-9,11,13H,5-6,10H2,1-2H3,(H,23,24,25). The van der Waals surface area contributed by atoms with E-state index in [2.05, 4.69) is 27.2 Å². The van der Waals surface area contributed by atoms with E-state index in [1.807, 2.05) is 6.07 Å². The van der Waals surface area contributed by atoms with Gasteiger partial charge in [0.25, 0.3) is 0 Å². The molecule has 0 bridgehead atoms. The minimum absolute atomic E-state index is 0.110. The molecule has 1 atom stereocenters. The van der Waals surface area contributed by atoms with Crippen LogP contribution in [0.4, 0.5) is 15.9 Å². The number of benzene rings is 2. The quantitative estimate of drug-likeness (QED) is 0.688. The lowest BCUT2D eigenvalue weighted by molar-refractivity contribution is 0.200. The molecule has 1 aliphatic rings. The number of hydrogen-bond donors (Lipinski definition) is 1. The fraction of sp³-hybridized carbons (Fsp3) is 0.300. The molecular formula is C20H20ClFN4O2. The largest absolute Gasteiger partial charge is 0.493 e. The second kappa shape index (κ2) is 7.77. The summed E-state index contributed by atoms with van der Waals surface area (Å²) < 4.78 is 25.8. The van der Waals surface area contributed by atoms with Crippen molar-refractivity contribution in [1.82, 2.24) is 14.9 Å². The predicted octanol–water partition coefficient (Wildman–Crippen LogP) is 4.26.